The standard InChI is InChI=1S/C14H10F2N2O2/c1-7-8(2)20-14(11(7)6-17)18-13(19)10-5-9(15)3-4-12(10)16/h3-5H,1-2H3,(H,18,19). The molecule has 1 heterocycles. The van der Waals surface area contributed by atoms with Crippen molar-refractivity contribution in [2.45, 2.75) is 13.8 Å². The lowest BCUT2D eigenvalue weighted by atomic mass is 10.1. The predicted molar refractivity (Wildman–Crippen MR) is 67.2 cm³/mol. The van der Waals surface area contributed by atoms with Crippen LogP contribution in [0.2, 0.25) is 0 Å². The molecule has 0 unspecified atom stereocenters. The van der Waals surface area contributed by atoms with Crippen molar-refractivity contribution in [1.29, 1.82) is 5.26 Å². The topological polar surface area (TPSA) is 66.0 Å². The van der Waals surface area contributed by atoms with Gasteiger partial charge in [-0.3, -0.25) is 10.1 Å². The van der Waals surface area contributed by atoms with Crippen molar-refractivity contribution in [3.8, 4) is 6.07 Å². The van der Waals surface area contributed by atoms with Crippen molar-refractivity contribution < 1.29 is 18.0 Å². The molecule has 0 saturated carbocycles. The second-order valence-corrected chi connectivity index (χ2v) is 4.18. The number of benzene rings is 1. The van der Waals surface area contributed by atoms with E-state index in [0.29, 0.717) is 11.3 Å². The molecule has 1 amide bonds. The molecule has 0 aliphatic rings. The summed E-state index contributed by atoms with van der Waals surface area (Å²) in [6.45, 7) is 3.30. The minimum absolute atomic E-state index is 0.0730. The molecule has 0 aliphatic heterocycles. The van der Waals surface area contributed by atoms with E-state index in [4.69, 9.17) is 9.68 Å². The van der Waals surface area contributed by atoms with Gasteiger partial charge in [-0.1, -0.05) is 0 Å². The number of hydrogen-bond acceptors (Lipinski definition) is 3. The van der Waals surface area contributed by atoms with Gasteiger partial charge in [0.2, 0.25) is 5.88 Å². The van der Waals surface area contributed by atoms with Crippen molar-refractivity contribution in [3.05, 3.63) is 52.3 Å². The van der Waals surface area contributed by atoms with Gasteiger partial charge in [-0.2, -0.15) is 5.26 Å². The van der Waals surface area contributed by atoms with E-state index in [2.05, 4.69) is 5.32 Å². The van der Waals surface area contributed by atoms with E-state index in [0.717, 1.165) is 18.2 Å². The molecule has 0 fully saturated rings. The molecule has 2 rings (SSSR count). The highest BCUT2D eigenvalue weighted by molar-refractivity contribution is 6.04. The first kappa shape index (κ1) is 13.7. The van der Waals surface area contributed by atoms with Crippen LogP contribution in [0, 0.1) is 36.8 Å². The zero-order chi connectivity index (χ0) is 14.9. The first-order valence-electron chi connectivity index (χ1n) is 5.70. The van der Waals surface area contributed by atoms with Gasteiger partial charge in [-0.15, -0.1) is 0 Å². The van der Waals surface area contributed by atoms with Gasteiger partial charge in [0, 0.05) is 5.56 Å². The number of nitrogens with one attached hydrogen (secondary N) is 1. The van der Waals surface area contributed by atoms with E-state index in [1.54, 1.807) is 13.8 Å². The Morgan fingerprint density at radius 2 is 2.05 bits per heavy atom. The van der Waals surface area contributed by atoms with E-state index in [9.17, 15) is 13.6 Å². The van der Waals surface area contributed by atoms with Crippen molar-refractivity contribution in [3.63, 3.8) is 0 Å². The van der Waals surface area contributed by atoms with Crippen LogP contribution < -0.4 is 5.32 Å². The summed E-state index contributed by atoms with van der Waals surface area (Å²) in [4.78, 5) is 11.9. The quantitative estimate of drug-likeness (QED) is 0.915. The van der Waals surface area contributed by atoms with Crippen LogP contribution in [-0.2, 0) is 0 Å². The maximum absolute atomic E-state index is 13.5. The Morgan fingerprint density at radius 1 is 1.35 bits per heavy atom. The third-order valence-corrected chi connectivity index (χ3v) is 2.90. The first-order chi connectivity index (χ1) is 9.43. The molecule has 0 radical (unpaired) electrons. The Kier molecular flexibility index (Phi) is 3.53. The summed E-state index contributed by atoms with van der Waals surface area (Å²) in [6.07, 6.45) is 0. The molecule has 1 aromatic carbocycles. The molecule has 0 bridgehead atoms. The number of nitrogens with zero attached hydrogens (tertiary/aromatic N) is 1. The van der Waals surface area contributed by atoms with Gasteiger partial charge in [0.05, 0.1) is 5.56 Å². The fourth-order valence-electron chi connectivity index (χ4n) is 1.69. The molecule has 1 N–H and O–H groups in total. The van der Waals surface area contributed by atoms with Crippen LogP contribution in [0.1, 0.15) is 27.2 Å². The molecule has 0 saturated heterocycles. The number of halogens is 2. The molecule has 6 heteroatoms. The molecule has 102 valence electrons. The van der Waals surface area contributed by atoms with Crippen LogP contribution in [0.5, 0.6) is 0 Å². The Balaban J connectivity index is 2.36. The molecule has 0 atom stereocenters. The number of hydrogen-bond donors (Lipinski definition) is 1. The number of aryl methyl sites for hydroxylation is 1. The number of rotatable bonds is 2. The third kappa shape index (κ3) is 2.38. The van der Waals surface area contributed by atoms with Crippen molar-refractivity contribution in [1.82, 2.24) is 0 Å². The van der Waals surface area contributed by atoms with Crippen LogP contribution in [0.3, 0.4) is 0 Å². The van der Waals surface area contributed by atoms with E-state index in [1.807, 2.05) is 6.07 Å². The summed E-state index contributed by atoms with van der Waals surface area (Å²) < 4.78 is 31.7. The zero-order valence-electron chi connectivity index (χ0n) is 10.8. The number of nitriles is 1. The molecule has 0 spiro atoms. The van der Waals surface area contributed by atoms with Crippen LogP contribution in [0.4, 0.5) is 14.7 Å². The molecule has 4 nitrogen and oxygen atoms in total. The summed E-state index contributed by atoms with van der Waals surface area (Å²) in [5.41, 5.74) is 0.288. The third-order valence-electron chi connectivity index (χ3n) is 2.90. The van der Waals surface area contributed by atoms with Gasteiger partial charge in [0.15, 0.2) is 0 Å². The van der Waals surface area contributed by atoms with E-state index < -0.39 is 23.1 Å². The first-order valence-corrected chi connectivity index (χ1v) is 5.70. The number of carbonyl (C=O) groups excluding carboxylic acids is 1. The molecule has 20 heavy (non-hydrogen) atoms. The minimum atomic E-state index is -0.882. The SMILES string of the molecule is Cc1oc(NC(=O)c2cc(F)ccc2F)c(C#N)c1C. The number of amides is 1. The zero-order valence-corrected chi connectivity index (χ0v) is 10.8. The van der Waals surface area contributed by atoms with Crippen molar-refractivity contribution in [2.24, 2.45) is 0 Å². The lowest BCUT2D eigenvalue weighted by Gasteiger charge is -2.04. The van der Waals surface area contributed by atoms with E-state index in [-0.39, 0.29) is 11.4 Å². The summed E-state index contributed by atoms with van der Waals surface area (Å²) in [7, 11) is 0. The average Bonchev–Trinajstić information content (AvgIpc) is 2.67. The second-order valence-electron chi connectivity index (χ2n) is 4.18. The average molecular weight is 276 g/mol. The molecular formula is C14H10F2N2O2. The number of furan rings is 1. The number of anilines is 1. The smallest absolute Gasteiger partial charge is 0.261 e. The maximum Gasteiger partial charge on any atom is 0.261 e. The molecule has 1 aromatic heterocycles. The van der Waals surface area contributed by atoms with E-state index in [1.165, 1.54) is 0 Å². The Hall–Kier alpha value is -2.68. The van der Waals surface area contributed by atoms with Crippen LogP contribution in [-0.4, -0.2) is 5.91 Å². The summed E-state index contributed by atoms with van der Waals surface area (Å²) in [5, 5.41) is 11.3. The summed E-state index contributed by atoms with van der Waals surface area (Å²) in [6, 6.07) is 4.43. The predicted octanol–water partition coefficient (Wildman–Crippen LogP) is 3.30. The highest BCUT2D eigenvalue weighted by atomic mass is 19.1. The Bertz CT molecular complexity index is 730. The monoisotopic (exact) mass is 276 g/mol. The summed E-state index contributed by atoms with van der Waals surface area (Å²) >= 11 is 0. The normalized spacial score (nSPS) is 10.2. The Morgan fingerprint density at radius 3 is 2.70 bits per heavy atom. The van der Waals surface area contributed by atoms with E-state index >= 15 is 0 Å². The van der Waals surface area contributed by atoms with Crippen LogP contribution in [0.25, 0.3) is 0 Å². The fraction of sp³-hybridized carbons (Fsp3) is 0.143. The van der Waals surface area contributed by atoms with Crippen LogP contribution in [0.15, 0.2) is 22.6 Å². The lowest BCUT2D eigenvalue weighted by Crippen LogP contribution is -2.14. The van der Waals surface area contributed by atoms with Gasteiger partial charge >= 0.3 is 0 Å². The molecular weight excluding hydrogens is 266 g/mol. The van der Waals surface area contributed by atoms with Crippen molar-refractivity contribution in [2.75, 3.05) is 5.32 Å². The van der Waals surface area contributed by atoms with Gasteiger partial charge in [-0.05, 0) is 32.0 Å². The van der Waals surface area contributed by atoms with Gasteiger partial charge < -0.3 is 4.42 Å². The van der Waals surface area contributed by atoms with Gasteiger partial charge in [-0.25, -0.2) is 8.78 Å². The highest BCUT2D eigenvalue weighted by Crippen LogP contribution is 2.26. The summed E-state index contributed by atoms with van der Waals surface area (Å²) in [5.74, 6) is -2.08. The van der Waals surface area contributed by atoms with Crippen LogP contribution >= 0.6 is 0 Å². The lowest BCUT2D eigenvalue weighted by molar-refractivity contribution is 0.102. The fourth-order valence-corrected chi connectivity index (χ4v) is 1.69. The molecule has 2 aromatic rings. The number of carbonyl (C=O) groups is 1. The maximum atomic E-state index is 13.5. The minimum Gasteiger partial charge on any atom is -0.444 e. The largest absolute Gasteiger partial charge is 0.444 e. The highest BCUT2D eigenvalue weighted by Gasteiger charge is 2.19. The second kappa shape index (κ2) is 5.13. The molecule has 0 aliphatic carbocycles. The van der Waals surface area contributed by atoms with Gasteiger partial charge in [0.25, 0.3) is 5.91 Å². The van der Waals surface area contributed by atoms with Gasteiger partial charge in [0.1, 0.15) is 29.0 Å². The Labute approximate surface area is 113 Å². The van der Waals surface area contributed by atoms with Crippen molar-refractivity contribution >= 4 is 11.8 Å².